The van der Waals surface area contributed by atoms with Gasteiger partial charge in [-0.1, -0.05) is 6.07 Å². The fraction of sp³-hybridized carbons (Fsp3) is 0.577. The molecule has 4 atom stereocenters. The molecule has 0 aliphatic carbocycles. The average Bonchev–Trinajstić information content (AvgIpc) is 3.45. The number of cyclic esters (lactones) is 2. The Bertz CT molecular complexity index is 1140. The highest BCUT2D eigenvalue weighted by atomic mass is 16.5. The maximum Gasteiger partial charge on any atom is 0.338 e. The third kappa shape index (κ3) is 3.43. The highest BCUT2D eigenvalue weighted by Crippen LogP contribution is 2.46. The van der Waals surface area contributed by atoms with E-state index in [1.54, 1.807) is 17.9 Å². The van der Waals surface area contributed by atoms with E-state index >= 15 is 0 Å². The lowest BCUT2D eigenvalue weighted by molar-refractivity contribution is -0.182. The Kier molecular flexibility index (Phi) is 5.28. The maximum atomic E-state index is 13.7. The molecule has 3 saturated heterocycles. The fourth-order valence-electron chi connectivity index (χ4n) is 6.66. The van der Waals surface area contributed by atoms with Crippen molar-refractivity contribution in [3.8, 4) is 0 Å². The molecule has 2 bridgehead atoms. The van der Waals surface area contributed by atoms with Gasteiger partial charge in [-0.15, -0.1) is 0 Å². The summed E-state index contributed by atoms with van der Waals surface area (Å²) in [5.74, 6) is -0.753. The Hall–Kier alpha value is -2.75. The molecule has 0 saturated carbocycles. The maximum absolute atomic E-state index is 13.7. The van der Waals surface area contributed by atoms with Crippen LogP contribution < -0.4 is 0 Å². The molecule has 186 valence electrons. The predicted octanol–water partition coefficient (Wildman–Crippen LogP) is 1.75. The molecule has 5 aliphatic heterocycles. The first-order valence-corrected chi connectivity index (χ1v) is 12.3. The van der Waals surface area contributed by atoms with Crippen molar-refractivity contribution in [1.29, 1.82) is 0 Å². The first-order valence-electron chi connectivity index (χ1n) is 12.3. The zero-order valence-corrected chi connectivity index (χ0v) is 20.0. The number of benzene rings is 1. The van der Waals surface area contributed by atoms with Crippen LogP contribution in [0.5, 0.6) is 0 Å². The third-order valence-electron chi connectivity index (χ3n) is 8.59. The van der Waals surface area contributed by atoms with Crippen LogP contribution in [-0.4, -0.2) is 76.7 Å². The van der Waals surface area contributed by atoms with Crippen LogP contribution in [-0.2, 0) is 30.4 Å². The normalized spacial score (nSPS) is 31.3. The molecule has 5 aliphatic rings. The van der Waals surface area contributed by atoms with Crippen LogP contribution >= 0.6 is 0 Å². The van der Waals surface area contributed by atoms with Gasteiger partial charge in [-0.3, -0.25) is 9.69 Å². The van der Waals surface area contributed by atoms with Crippen molar-refractivity contribution < 1.29 is 33.7 Å². The molecule has 1 N–H and O–H groups in total. The van der Waals surface area contributed by atoms with E-state index in [1.807, 2.05) is 13.0 Å². The van der Waals surface area contributed by atoms with E-state index in [-0.39, 0.29) is 43.1 Å². The lowest BCUT2D eigenvalue weighted by Crippen LogP contribution is -2.63. The van der Waals surface area contributed by atoms with E-state index in [9.17, 15) is 19.5 Å². The van der Waals surface area contributed by atoms with Crippen molar-refractivity contribution >= 4 is 17.8 Å². The van der Waals surface area contributed by atoms with Crippen molar-refractivity contribution in [3.05, 3.63) is 45.7 Å². The largest absolute Gasteiger partial charge is 0.457 e. The standard InChI is InChI=1S/C26H30N2O7/c1-14-18(5-6-19-20(14)12-33-24(19)31)22(29)11-28-16-3-4-17(28)10-26(9-16)25(32)27(7-8-35-26)21-13-34-23(30)15(21)2/h5-6,16-17,22,29H,3-4,7-13H2,1-2H3/t16-,17+,22-,26?/m0/s1. The van der Waals surface area contributed by atoms with Crippen molar-refractivity contribution in [1.82, 2.24) is 9.80 Å². The number of hydrogen-bond acceptors (Lipinski definition) is 8. The van der Waals surface area contributed by atoms with Gasteiger partial charge in [0.15, 0.2) is 0 Å². The molecular formula is C26H30N2O7. The Morgan fingerprint density at radius 2 is 1.77 bits per heavy atom. The number of carbonyl (C=O) groups is 3. The van der Waals surface area contributed by atoms with Gasteiger partial charge in [0.05, 0.1) is 29.5 Å². The molecular weight excluding hydrogens is 452 g/mol. The first-order chi connectivity index (χ1) is 16.8. The molecule has 1 spiro atoms. The summed E-state index contributed by atoms with van der Waals surface area (Å²) in [5.41, 5.74) is 3.40. The van der Waals surface area contributed by atoms with Crippen molar-refractivity contribution in [2.75, 3.05) is 26.3 Å². The molecule has 3 fully saturated rings. The summed E-state index contributed by atoms with van der Waals surface area (Å²) in [4.78, 5) is 41.4. The van der Waals surface area contributed by atoms with Gasteiger partial charge in [-0.05, 0) is 43.9 Å². The molecule has 6 rings (SSSR count). The number of carbonyl (C=O) groups excluding carboxylic acids is 3. The number of aliphatic hydroxyl groups excluding tert-OH is 1. The number of nitrogens with zero attached hydrogens (tertiary/aromatic N) is 2. The number of rotatable bonds is 4. The molecule has 1 aromatic rings. The fourth-order valence-corrected chi connectivity index (χ4v) is 6.66. The lowest BCUT2D eigenvalue weighted by atomic mass is 9.83. The zero-order chi connectivity index (χ0) is 24.5. The summed E-state index contributed by atoms with van der Waals surface area (Å²) < 4.78 is 16.5. The highest BCUT2D eigenvalue weighted by molar-refractivity contribution is 5.95. The van der Waals surface area contributed by atoms with E-state index in [4.69, 9.17) is 14.2 Å². The van der Waals surface area contributed by atoms with E-state index in [0.717, 1.165) is 29.5 Å². The van der Waals surface area contributed by atoms with E-state index in [0.29, 0.717) is 49.4 Å². The SMILES string of the molecule is CC1=C(N2CCOC3(C[C@H]4CC[C@@H](C3)N4C[C@H](O)c3ccc4c(c3C)COC4=O)C2=O)COC1=O. The minimum atomic E-state index is -0.897. The number of hydrogen-bond donors (Lipinski definition) is 1. The van der Waals surface area contributed by atoms with Crippen LogP contribution in [0, 0.1) is 6.92 Å². The van der Waals surface area contributed by atoms with Gasteiger partial charge >= 0.3 is 11.9 Å². The molecule has 1 amide bonds. The average molecular weight is 483 g/mol. The highest BCUT2D eigenvalue weighted by Gasteiger charge is 2.56. The van der Waals surface area contributed by atoms with Gasteiger partial charge in [-0.2, -0.15) is 0 Å². The van der Waals surface area contributed by atoms with Crippen molar-refractivity contribution in [2.24, 2.45) is 0 Å². The summed E-state index contributed by atoms with van der Waals surface area (Å²) >= 11 is 0. The summed E-state index contributed by atoms with van der Waals surface area (Å²) in [6, 6.07) is 3.82. The van der Waals surface area contributed by atoms with Gasteiger partial charge in [-0.25, -0.2) is 9.59 Å². The van der Waals surface area contributed by atoms with E-state index in [1.165, 1.54) is 0 Å². The quantitative estimate of drug-likeness (QED) is 0.648. The van der Waals surface area contributed by atoms with Crippen molar-refractivity contribution in [2.45, 2.75) is 69.9 Å². The van der Waals surface area contributed by atoms with Crippen LogP contribution in [0.15, 0.2) is 23.4 Å². The lowest BCUT2D eigenvalue weighted by Gasteiger charge is -2.49. The number of fused-ring (bicyclic) bond motifs is 3. The number of aliphatic hydroxyl groups is 1. The number of ether oxygens (including phenoxy) is 3. The van der Waals surface area contributed by atoms with Gasteiger partial charge in [0.2, 0.25) is 0 Å². The van der Waals surface area contributed by atoms with Crippen LogP contribution in [0.1, 0.15) is 65.8 Å². The topological polar surface area (TPSA) is 106 Å². The van der Waals surface area contributed by atoms with Gasteiger partial charge in [0.25, 0.3) is 5.91 Å². The second kappa shape index (κ2) is 8.15. The second-order valence-corrected chi connectivity index (χ2v) is 10.3. The van der Waals surface area contributed by atoms with Gasteiger partial charge < -0.3 is 24.2 Å². The first kappa shape index (κ1) is 22.7. The minimum absolute atomic E-state index is 0.0763. The summed E-state index contributed by atoms with van der Waals surface area (Å²) in [7, 11) is 0. The molecule has 35 heavy (non-hydrogen) atoms. The Balaban J connectivity index is 1.20. The molecule has 1 aromatic carbocycles. The van der Waals surface area contributed by atoms with Crippen LogP contribution in [0.2, 0.25) is 0 Å². The Morgan fingerprint density at radius 3 is 2.46 bits per heavy atom. The number of amides is 1. The van der Waals surface area contributed by atoms with E-state index in [2.05, 4.69) is 4.90 Å². The molecule has 9 nitrogen and oxygen atoms in total. The van der Waals surface area contributed by atoms with Crippen LogP contribution in [0.4, 0.5) is 0 Å². The van der Waals surface area contributed by atoms with E-state index < -0.39 is 11.7 Å². The molecule has 5 heterocycles. The monoisotopic (exact) mass is 482 g/mol. The van der Waals surface area contributed by atoms with Crippen LogP contribution in [0.3, 0.4) is 0 Å². The number of esters is 2. The molecule has 9 heteroatoms. The minimum Gasteiger partial charge on any atom is -0.457 e. The Morgan fingerprint density at radius 1 is 1.06 bits per heavy atom. The summed E-state index contributed by atoms with van der Waals surface area (Å²) in [5, 5.41) is 11.2. The number of morpholine rings is 1. The number of piperidine rings is 1. The second-order valence-electron chi connectivity index (χ2n) is 10.3. The molecule has 1 unspecified atom stereocenters. The molecule has 0 aromatic heterocycles. The zero-order valence-electron chi connectivity index (χ0n) is 20.0. The van der Waals surface area contributed by atoms with Crippen molar-refractivity contribution in [3.63, 3.8) is 0 Å². The summed E-state index contributed by atoms with van der Waals surface area (Å²) in [6.07, 6.45) is 2.33. The summed E-state index contributed by atoms with van der Waals surface area (Å²) in [6.45, 7) is 5.33. The predicted molar refractivity (Wildman–Crippen MR) is 122 cm³/mol. The Labute approximate surface area is 203 Å². The van der Waals surface area contributed by atoms with Gasteiger partial charge in [0, 0.05) is 43.6 Å². The molecule has 0 radical (unpaired) electrons. The smallest absolute Gasteiger partial charge is 0.338 e. The van der Waals surface area contributed by atoms with Crippen LogP contribution in [0.25, 0.3) is 0 Å². The third-order valence-corrected chi connectivity index (χ3v) is 8.59. The van der Waals surface area contributed by atoms with Gasteiger partial charge in [0.1, 0.15) is 18.8 Å².